The number of aromatic nitrogens is 1. The molecule has 1 amide bonds. The van der Waals surface area contributed by atoms with Gasteiger partial charge in [-0.2, -0.15) is 13.2 Å². The van der Waals surface area contributed by atoms with Gasteiger partial charge in [0.2, 0.25) is 5.91 Å². The van der Waals surface area contributed by atoms with Crippen molar-refractivity contribution in [2.24, 2.45) is 5.73 Å². The first-order valence-electron chi connectivity index (χ1n) is 9.90. The third-order valence-electron chi connectivity index (χ3n) is 5.57. The lowest BCUT2D eigenvalue weighted by atomic mass is 10.0. The molecule has 0 aliphatic rings. The molecule has 3 nitrogen and oxygen atoms in total. The summed E-state index contributed by atoms with van der Waals surface area (Å²) in [5.41, 5.74) is 6.83. The van der Waals surface area contributed by atoms with Crippen LogP contribution in [0.5, 0.6) is 0 Å². The fourth-order valence-electron chi connectivity index (χ4n) is 4.06. The Balaban J connectivity index is 1.79. The summed E-state index contributed by atoms with van der Waals surface area (Å²) in [7, 11) is 0. The van der Waals surface area contributed by atoms with Crippen LogP contribution in [0.25, 0.3) is 32.2 Å². The molecule has 0 bridgehead atoms. The van der Waals surface area contributed by atoms with Crippen molar-refractivity contribution in [3.8, 4) is 10.4 Å². The number of carbonyl (C=O) groups excluding carboxylic acids is 1. The first kappa shape index (κ1) is 21.2. The van der Waals surface area contributed by atoms with E-state index in [4.69, 9.17) is 5.73 Å². The summed E-state index contributed by atoms with van der Waals surface area (Å²) in [4.78, 5) is 13.1. The number of alkyl halides is 3. The van der Waals surface area contributed by atoms with E-state index in [-0.39, 0.29) is 17.7 Å². The second kappa shape index (κ2) is 7.74. The van der Waals surface area contributed by atoms with Crippen LogP contribution in [0.4, 0.5) is 17.6 Å². The maximum Gasteiger partial charge on any atom is 0.416 e. The molecule has 3 aromatic carbocycles. The summed E-state index contributed by atoms with van der Waals surface area (Å²) in [5, 5.41) is 3.05. The van der Waals surface area contributed by atoms with Crippen molar-refractivity contribution in [3.63, 3.8) is 0 Å². The maximum atomic E-state index is 14.6. The summed E-state index contributed by atoms with van der Waals surface area (Å²) in [6.45, 7) is -0.167. The van der Waals surface area contributed by atoms with Crippen LogP contribution in [0.1, 0.15) is 21.5 Å². The van der Waals surface area contributed by atoms with Crippen LogP contribution in [0.2, 0.25) is 0 Å². The number of carbonyl (C=O) groups is 1. The molecule has 0 atom stereocenters. The van der Waals surface area contributed by atoms with E-state index in [0.717, 1.165) is 28.6 Å². The zero-order valence-corrected chi connectivity index (χ0v) is 17.7. The van der Waals surface area contributed by atoms with Gasteiger partial charge in [-0.15, -0.1) is 11.3 Å². The molecule has 2 aromatic heterocycles. The number of rotatable bonds is 4. The number of hydrogen-bond acceptors (Lipinski definition) is 2. The number of nitrogens with zero attached hydrogens (tertiary/aromatic N) is 1. The van der Waals surface area contributed by atoms with Crippen LogP contribution in [-0.4, -0.2) is 10.5 Å². The zero-order chi connectivity index (χ0) is 23.3. The van der Waals surface area contributed by atoms with Gasteiger partial charge in [0.25, 0.3) is 0 Å². The van der Waals surface area contributed by atoms with Crippen molar-refractivity contribution in [2.45, 2.75) is 12.7 Å². The predicted octanol–water partition coefficient (Wildman–Crippen LogP) is 6.63. The van der Waals surface area contributed by atoms with Gasteiger partial charge in [-0.3, -0.25) is 4.79 Å². The van der Waals surface area contributed by atoms with Crippen LogP contribution in [-0.2, 0) is 12.7 Å². The largest absolute Gasteiger partial charge is 0.416 e. The third-order valence-corrected chi connectivity index (χ3v) is 6.49. The molecule has 0 saturated carbocycles. The quantitative estimate of drug-likeness (QED) is 0.297. The zero-order valence-electron chi connectivity index (χ0n) is 16.9. The standard InChI is InChI=1S/C25H15F4N2OS/c26-19-9-7-16(25(27,28)29)11-15(19)13-31-20-4-1-3-18(24(30)32)23(20)17-8-6-14(12-21(17)31)22-5-2-10-33-22/h1-7,9-12H,13H2,(H2,30,32). The highest BCUT2D eigenvalue weighted by Crippen LogP contribution is 2.36. The first-order valence-corrected chi connectivity index (χ1v) is 10.8. The molecule has 5 aromatic rings. The number of nitrogens with two attached hydrogens (primary N) is 1. The summed E-state index contributed by atoms with van der Waals surface area (Å²) in [6, 6.07) is 18.0. The van der Waals surface area contributed by atoms with Crippen LogP contribution >= 0.6 is 11.3 Å². The van der Waals surface area contributed by atoms with Crippen molar-refractivity contribution < 1.29 is 22.4 Å². The Bertz CT molecular complexity index is 1520. The number of fused-ring (bicyclic) bond motifs is 3. The smallest absolute Gasteiger partial charge is 0.366 e. The van der Waals surface area contributed by atoms with Gasteiger partial charge in [0.1, 0.15) is 5.82 Å². The highest BCUT2D eigenvalue weighted by atomic mass is 32.1. The number of benzene rings is 3. The fraction of sp³-hybridized carbons (Fsp3) is 0.0800. The lowest BCUT2D eigenvalue weighted by molar-refractivity contribution is -0.137. The lowest BCUT2D eigenvalue weighted by Crippen LogP contribution is -2.11. The monoisotopic (exact) mass is 467 g/mol. The van der Waals surface area contributed by atoms with Gasteiger partial charge in [-0.1, -0.05) is 12.1 Å². The molecule has 165 valence electrons. The average Bonchev–Trinajstić information content (AvgIpc) is 3.41. The Morgan fingerprint density at radius 3 is 2.58 bits per heavy atom. The molecule has 0 spiro atoms. The number of amides is 1. The maximum absolute atomic E-state index is 14.6. The van der Waals surface area contributed by atoms with Gasteiger partial charge in [-0.25, -0.2) is 4.39 Å². The second-order valence-corrected chi connectivity index (χ2v) is 8.53. The minimum Gasteiger partial charge on any atom is -0.366 e. The number of primary amides is 1. The molecular formula is C25H15F4N2OS. The fourth-order valence-corrected chi connectivity index (χ4v) is 4.77. The predicted molar refractivity (Wildman–Crippen MR) is 121 cm³/mol. The molecule has 33 heavy (non-hydrogen) atoms. The van der Waals surface area contributed by atoms with Crippen LogP contribution in [0.15, 0.2) is 66.0 Å². The van der Waals surface area contributed by atoms with Gasteiger partial charge in [-0.05, 0) is 65.5 Å². The van der Waals surface area contributed by atoms with Crippen molar-refractivity contribution in [2.75, 3.05) is 0 Å². The molecular weight excluding hydrogens is 452 g/mol. The van der Waals surface area contributed by atoms with E-state index < -0.39 is 23.5 Å². The van der Waals surface area contributed by atoms with Gasteiger partial charge >= 0.3 is 6.18 Å². The third kappa shape index (κ3) is 3.66. The average molecular weight is 467 g/mol. The van der Waals surface area contributed by atoms with Crippen LogP contribution in [0, 0.1) is 11.9 Å². The van der Waals surface area contributed by atoms with E-state index in [2.05, 4.69) is 6.07 Å². The van der Waals surface area contributed by atoms with Crippen molar-refractivity contribution in [1.82, 2.24) is 4.57 Å². The van der Waals surface area contributed by atoms with E-state index in [1.807, 2.05) is 23.6 Å². The molecule has 8 heteroatoms. The summed E-state index contributed by atoms with van der Waals surface area (Å²) < 4.78 is 56.1. The van der Waals surface area contributed by atoms with Gasteiger partial charge < -0.3 is 10.3 Å². The number of halogens is 4. The second-order valence-electron chi connectivity index (χ2n) is 7.58. The highest BCUT2D eigenvalue weighted by Gasteiger charge is 2.31. The minimum absolute atomic E-state index is 0.116. The topological polar surface area (TPSA) is 48.0 Å². The minimum atomic E-state index is -4.59. The Labute approximate surface area is 189 Å². The van der Waals surface area contributed by atoms with Crippen molar-refractivity contribution in [3.05, 3.63) is 94.6 Å². The SMILES string of the molecule is NC(=O)c1cccc2c1c1[c]cc(-c3cccs3)cc1n2Cc1cc(C(F)(F)F)ccc1F. The van der Waals surface area contributed by atoms with E-state index in [0.29, 0.717) is 21.8 Å². The Morgan fingerprint density at radius 1 is 1.06 bits per heavy atom. The Hall–Kier alpha value is -3.65. The molecule has 1 radical (unpaired) electrons. The van der Waals surface area contributed by atoms with Crippen LogP contribution in [0.3, 0.4) is 0 Å². The molecule has 5 rings (SSSR count). The lowest BCUT2D eigenvalue weighted by Gasteiger charge is -2.13. The van der Waals surface area contributed by atoms with Crippen molar-refractivity contribution in [1.29, 1.82) is 0 Å². The summed E-state index contributed by atoms with van der Waals surface area (Å²) in [6.07, 6.45) is -4.59. The van der Waals surface area contributed by atoms with E-state index in [1.165, 1.54) is 11.3 Å². The van der Waals surface area contributed by atoms with Gasteiger partial charge in [0.15, 0.2) is 0 Å². The van der Waals surface area contributed by atoms with E-state index >= 15 is 0 Å². The van der Waals surface area contributed by atoms with Gasteiger partial charge in [0.05, 0.1) is 23.1 Å². The molecule has 2 N–H and O–H groups in total. The molecule has 2 heterocycles. The van der Waals surface area contributed by atoms with Crippen LogP contribution < -0.4 is 5.73 Å². The normalized spacial score (nSPS) is 12.0. The Kier molecular flexibility index (Phi) is 4.97. The first-order chi connectivity index (χ1) is 15.7. The number of thiophene rings is 1. The van der Waals surface area contributed by atoms with E-state index in [1.54, 1.807) is 28.8 Å². The van der Waals surface area contributed by atoms with Crippen molar-refractivity contribution >= 4 is 39.0 Å². The van der Waals surface area contributed by atoms with E-state index in [9.17, 15) is 22.4 Å². The molecule has 0 aliphatic heterocycles. The highest BCUT2D eigenvalue weighted by molar-refractivity contribution is 7.13. The summed E-state index contributed by atoms with van der Waals surface area (Å²) in [5.74, 6) is -1.39. The summed E-state index contributed by atoms with van der Waals surface area (Å²) >= 11 is 1.53. The number of hydrogen-bond donors (Lipinski definition) is 1. The molecule has 0 aliphatic carbocycles. The molecule has 0 fully saturated rings. The molecule has 0 saturated heterocycles. The Morgan fingerprint density at radius 2 is 1.88 bits per heavy atom. The van der Waals surface area contributed by atoms with Gasteiger partial charge in [0, 0.05) is 26.8 Å². The molecule has 0 unspecified atom stereocenters.